The topological polar surface area (TPSA) is 80.9 Å². The molecule has 0 saturated carbocycles. The molecule has 0 spiro atoms. The highest BCUT2D eigenvalue weighted by atomic mass is 32.2. The number of nitrogens with zero attached hydrogens (tertiary/aromatic N) is 6. The van der Waals surface area contributed by atoms with E-state index < -0.39 is 0 Å². The zero-order valence-electron chi connectivity index (χ0n) is 24.7. The van der Waals surface area contributed by atoms with Crippen molar-refractivity contribution in [3.8, 4) is 11.3 Å². The average molecular weight is 605 g/mol. The molecule has 2 aromatic carbocycles. The number of anilines is 1. The minimum absolute atomic E-state index is 0.204. The van der Waals surface area contributed by atoms with Crippen LogP contribution in [0.3, 0.4) is 0 Å². The van der Waals surface area contributed by atoms with Crippen LogP contribution in [0.2, 0.25) is 0 Å². The van der Waals surface area contributed by atoms with Gasteiger partial charge in [-0.15, -0.1) is 0 Å². The first-order valence-corrected chi connectivity index (χ1v) is 15.7. The molecule has 43 heavy (non-hydrogen) atoms. The third kappa shape index (κ3) is 7.82. The zero-order valence-corrected chi connectivity index (χ0v) is 25.5. The molecule has 10 heteroatoms. The number of imidazole rings is 1. The summed E-state index contributed by atoms with van der Waals surface area (Å²) >= 11 is 1.80. The molecule has 1 atom stereocenters. The fraction of sp³-hybridized carbons (Fsp3) is 0.394. The first kappa shape index (κ1) is 31.2. The van der Waals surface area contributed by atoms with E-state index in [4.69, 9.17) is 10.1 Å². The number of pyridine rings is 1. The van der Waals surface area contributed by atoms with Crippen LogP contribution in [0.25, 0.3) is 11.3 Å². The SMILES string of the molecule is CO.OCCN1CCN(c2ccc(SN3CCCC3c3ccccc3-c3cncn3CCc3ccc(F)cc3)cn2)CC1. The summed E-state index contributed by atoms with van der Waals surface area (Å²) in [5.74, 6) is 0.820. The highest BCUT2D eigenvalue weighted by Crippen LogP contribution is 2.43. The highest BCUT2D eigenvalue weighted by Gasteiger charge is 2.29. The van der Waals surface area contributed by atoms with E-state index >= 15 is 0 Å². The van der Waals surface area contributed by atoms with Gasteiger partial charge in [0, 0.05) is 75.6 Å². The van der Waals surface area contributed by atoms with Gasteiger partial charge >= 0.3 is 0 Å². The molecule has 4 heterocycles. The second-order valence-electron chi connectivity index (χ2n) is 10.7. The molecule has 0 amide bonds. The maximum absolute atomic E-state index is 13.3. The van der Waals surface area contributed by atoms with Gasteiger partial charge in [-0.2, -0.15) is 0 Å². The average Bonchev–Trinajstić information content (AvgIpc) is 3.72. The summed E-state index contributed by atoms with van der Waals surface area (Å²) in [6, 6.07) is 20.1. The van der Waals surface area contributed by atoms with Gasteiger partial charge in [0.25, 0.3) is 0 Å². The number of halogens is 1. The van der Waals surface area contributed by atoms with Crippen LogP contribution < -0.4 is 4.90 Å². The standard InChI is InChI=1S/C32H37FN6OS.CH4O/c33-26-9-7-25(8-10-26)13-15-38-24-34-23-31(38)29-5-2-1-4-28(29)30-6-3-14-39(30)41-27-11-12-32(35-22-27)37-18-16-36(17-19-37)20-21-40;1-2/h1-2,4-5,7-12,22-24,30,40H,3,6,13-21H2;2H,1H3. The van der Waals surface area contributed by atoms with Gasteiger partial charge in [0.15, 0.2) is 0 Å². The molecule has 2 fully saturated rings. The largest absolute Gasteiger partial charge is 0.400 e. The number of hydrogen-bond donors (Lipinski definition) is 2. The highest BCUT2D eigenvalue weighted by molar-refractivity contribution is 7.97. The first-order chi connectivity index (χ1) is 21.2. The number of aliphatic hydroxyl groups excluding tert-OH is 2. The van der Waals surface area contributed by atoms with Crippen molar-refractivity contribution in [1.29, 1.82) is 0 Å². The van der Waals surface area contributed by atoms with Crippen LogP contribution in [0.4, 0.5) is 10.2 Å². The number of piperazine rings is 1. The molecule has 4 aromatic rings. The lowest BCUT2D eigenvalue weighted by Gasteiger charge is -2.35. The number of benzene rings is 2. The van der Waals surface area contributed by atoms with Crippen molar-refractivity contribution in [2.75, 3.05) is 57.9 Å². The molecular weight excluding hydrogens is 563 g/mol. The summed E-state index contributed by atoms with van der Waals surface area (Å²) in [7, 11) is 1.00. The number of hydrogen-bond acceptors (Lipinski definition) is 8. The fourth-order valence-electron chi connectivity index (χ4n) is 5.90. The molecule has 0 bridgehead atoms. The lowest BCUT2D eigenvalue weighted by Crippen LogP contribution is -2.47. The van der Waals surface area contributed by atoms with Crippen LogP contribution in [-0.2, 0) is 13.0 Å². The molecule has 0 aliphatic carbocycles. The lowest BCUT2D eigenvalue weighted by atomic mass is 9.97. The summed E-state index contributed by atoms with van der Waals surface area (Å²) in [5.41, 5.74) is 4.77. The Balaban J connectivity index is 0.00000180. The zero-order chi connectivity index (χ0) is 30.0. The first-order valence-electron chi connectivity index (χ1n) is 15.0. The quantitative estimate of drug-likeness (QED) is 0.248. The maximum Gasteiger partial charge on any atom is 0.128 e. The molecule has 2 saturated heterocycles. The van der Waals surface area contributed by atoms with E-state index in [1.54, 1.807) is 11.9 Å². The molecule has 6 rings (SSSR count). The van der Waals surface area contributed by atoms with Gasteiger partial charge < -0.3 is 19.7 Å². The van der Waals surface area contributed by atoms with Gasteiger partial charge in [-0.1, -0.05) is 36.4 Å². The summed E-state index contributed by atoms with van der Waals surface area (Å²) in [6.07, 6.45) is 8.94. The maximum atomic E-state index is 13.3. The third-order valence-electron chi connectivity index (χ3n) is 8.12. The Morgan fingerprint density at radius 2 is 1.70 bits per heavy atom. The van der Waals surface area contributed by atoms with E-state index in [0.717, 1.165) is 94.2 Å². The third-order valence-corrected chi connectivity index (χ3v) is 9.25. The Labute approximate surface area is 257 Å². The van der Waals surface area contributed by atoms with Crippen LogP contribution in [0.15, 0.2) is 84.3 Å². The van der Waals surface area contributed by atoms with Crippen LogP contribution in [-0.4, -0.2) is 86.9 Å². The van der Waals surface area contributed by atoms with Crippen molar-refractivity contribution in [2.45, 2.75) is 36.7 Å². The summed E-state index contributed by atoms with van der Waals surface area (Å²) in [4.78, 5) is 15.1. The van der Waals surface area contributed by atoms with Crippen molar-refractivity contribution in [1.82, 2.24) is 23.7 Å². The Bertz CT molecular complexity index is 1410. The van der Waals surface area contributed by atoms with Crippen LogP contribution in [0, 0.1) is 5.82 Å². The van der Waals surface area contributed by atoms with Gasteiger partial charge in [-0.3, -0.25) is 4.90 Å². The molecule has 8 nitrogen and oxygen atoms in total. The summed E-state index contributed by atoms with van der Waals surface area (Å²) < 4.78 is 18.1. The minimum Gasteiger partial charge on any atom is -0.400 e. The normalized spacial score (nSPS) is 17.6. The van der Waals surface area contributed by atoms with Crippen molar-refractivity contribution < 1.29 is 14.6 Å². The number of rotatable bonds is 10. The van der Waals surface area contributed by atoms with Crippen LogP contribution in [0.5, 0.6) is 0 Å². The van der Waals surface area contributed by atoms with Crippen LogP contribution >= 0.6 is 11.9 Å². The molecule has 2 aliphatic rings. The molecule has 1 unspecified atom stereocenters. The van der Waals surface area contributed by atoms with E-state index in [2.05, 4.69) is 60.1 Å². The van der Waals surface area contributed by atoms with Crippen molar-refractivity contribution in [3.05, 3.63) is 96.3 Å². The second kappa shape index (κ2) is 15.4. The Morgan fingerprint density at radius 1 is 0.907 bits per heavy atom. The number of aryl methyl sites for hydroxylation is 2. The molecule has 0 radical (unpaired) electrons. The van der Waals surface area contributed by atoms with E-state index in [9.17, 15) is 9.50 Å². The van der Waals surface area contributed by atoms with Gasteiger partial charge in [-0.05, 0) is 66.6 Å². The van der Waals surface area contributed by atoms with E-state index in [0.29, 0.717) is 6.04 Å². The monoisotopic (exact) mass is 604 g/mol. The van der Waals surface area contributed by atoms with Gasteiger partial charge in [0.05, 0.1) is 24.8 Å². The van der Waals surface area contributed by atoms with Gasteiger partial charge in [0.2, 0.25) is 0 Å². The van der Waals surface area contributed by atoms with Gasteiger partial charge in [-0.25, -0.2) is 18.7 Å². The van der Waals surface area contributed by atoms with Crippen LogP contribution in [0.1, 0.15) is 30.0 Å². The number of aromatic nitrogens is 3. The molecule has 2 N–H and O–H groups in total. The molecule has 228 valence electrons. The predicted molar refractivity (Wildman–Crippen MR) is 170 cm³/mol. The fourth-order valence-corrected chi connectivity index (χ4v) is 6.96. The number of aliphatic hydroxyl groups is 2. The van der Waals surface area contributed by atoms with E-state index in [1.807, 2.05) is 30.9 Å². The van der Waals surface area contributed by atoms with E-state index in [1.165, 1.54) is 23.3 Å². The van der Waals surface area contributed by atoms with Crippen molar-refractivity contribution in [3.63, 3.8) is 0 Å². The lowest BCUT2D eigenvalue weighted by molar-refractivity contribution is 0.188. The Kier molecular flexibility index (Phi) is 11.2. The minimum atomic E-state index is -0.204. The van der Waals surface area contributed by atoms with Gasteiger partial charge in [0.1, 0.15) is 11.6 Å². The van der Waals surface area contributed by atoms with Crippen molar-refractivity contribution in [2.24, 2.45) is 0 Å². The predicted octanol–water partition coefficient (Wildman–Crippen LogP) is 4.89. The summed E-state index contributed by atoms with van der Waals surface area (Å²) in [5, 5.41) is 16.2. The molecule has 2 aliphatic heterocycles. The molecule has 2 aromatic heterocycles. The second-order valence-corrected chi connectivity index (χ2v) is 11.9. The van der Waals surface area contributed by atoms with Crippen molar-refractivity contribution >= 4 is 17.8 Å². The summed E-state index contributed by atoms with van der Waals surface area (Å²) in [6.45, 7) is 6.56. The molecular formula is C33H41FN6O2S. The number of β-amino-alcohol motifs (C(OH)–C–C–N with tert-alkyl or cyclic N) is 1. The smallest absolute Gasteiger partial charge is 0.128 e. The van der Waals surface area contributed by atoms with E-state index in [-0.39, 0.29) is 12.4 Å². The Morgan fingerprint density at radius 3 is 2.44 bits per heavy atom. The Hall–Kier alpha value is -3.28.